The summed E-state index contributed by atoms with van der Waals surface area (Å²) in [4.78, 5) is 36.8. The Balaban J connectivity index is 1.45. The van der Waals surface area contributed by atoms with Gasteiger partial charge in [0.1, 0.15) is 31.1 Å². The van der Waals surface area contributed by atoms with Crippen LogP contribution in [0.15, 0.2) is 45.3 Å². The molecule has 2 unspecified atom stereocenters. The lowest BCUT2D eigenvalue weighted by atomic mass is 9.93. The van der Waals surface area contributed by atoms with Crippen molar-refractivity contribution in [2.45, 2.75) is 30.2 Å². The Kier molecular flexibility index (Phi) is 7.68. The van der Waals surface area contributed by atoms with Gasteiger partial charge in [0.2, 0.25) is 11.4 Å². The van der Waals surface area contributed by atoms with Gasteiger partial charge < -0.3 is 29.5 Å². The lowest BCUT2D eigenvalue weighted by Crippen LogP contribution is -2.59. The van der Waals surface area contributed by atoms with Crippen LogP contribution in [0, 0.1) is 0 Å². The molecule has 15 heteroatoms. The van der Waals surface area contributed by atoms with Gasteiger partial charge in [-0.15, -0.1) is 0 Å². The predicted octanol–water partition coefficient (Wildman–Crippen LogP) is -1.47. The molecule has 7 N–H and O–H groups in total. The number of carbonyl (C=O) groups excluding carboxylic acids is 1. The highest BCUT2D eigenvalue weighted by Crippen LogP contribution is 2.36. The maximum Gasteiger partial charge on any atom is 0.268 e. The van der Waals surface area contributed by atoms with Gasteiger partial charge in [-0.25, -0.2) is 14.6 Å². The van der Waals surface area contributed by atoms with Crippen LogP contribution in [-0.4, -0.2) is 106 Å². The van der Waals surface area contributed by atoms with E-state index < -0.39 is 44.7 Å². The topological polar surface area (TPSA) is 201 Å². The standard InChI is InChI=1S/C20H28N7O7P/c1-26(34-35(22)31)7-8-32-19(30)9-15(33-14(19)10-28)27-12-24-16-18(27)23-11-25-20(16,21)17(29)13-5-3-2-4-6-13/h2-6,11,14-15,28,30-31H,7-10,12,21-22H2,1H3/t14-,15-,19-,20?,35?/m1/s1. The number of ether oxygens (including phenoxy) is 2. The number of aliphatic imine (C=N–C) groups is 3. The fourth-order valence-corrected chi connectivity index (χ4v) is 4.43. The number of hydroxylamine groups is 2. The summed E-state index contributed by atoms with van der Waals surface area (Å²) in [6.07, 6.45) is -0.672. The Morgan fingerprint density at radius 2 is 2.14 bits per heavy atom. The molecular weight excluding hydrogens is 481 g/mol. The fraction of sp³-hybridized carbons (Fsp3) is 0.500. The normalized spacial score (nSPS) is 30.9. The molecule has 1 aromatic carbocycles. The van der Waals surface area contributed by atoms with Crippen LogP contribution in [0.2, 0.25) is 0 Å². The van der Waals surface area contributed by atoms with E-state index in [2.05, 4.69) is 15.0 Å². The van der Waals surface area contributed by atoms with E-state index in [4.69, 9.17) is 30.2 Å². The first kappa shape index (κ1) is 25.9. The zero-order valence-electron chi connectivity index (χ0n) is 19.0. The van der Waals surface area contributed by atoms with Crippen LogP contribution in [0.25, 0.3) is 0 Å². The quantitative estimate of drug-likeness (QED) is 0.107. The van der Waals surface area contributed by atoms with Crippen molar-refractivity contribution in [1.29, 1.82) is 0 Å². The lowest BCUT2D eigenvalue weighted by molar-refractivity contribution is -0.240. The zero-order chi connectivity index (χ0) is 25.2. The Hall–Kier alpha value is -2.23. The van der Waals surface area contributed by atoms with E-state index in [0.717, 1.165) is 0 Å². The molecule has 14 nitrogen and oxygen atoms in total. The minimum Gasteiger partial charge on any atom is -0.393 e. The molecule has 1 saturated heterocycles. The van der Waals surface area contributed by atoms with Gasteiger partial charge in [0.25, 0.3) is 8.53 Å². The first-order valence-electron chi connectivity index (χ1n) is 10.8. The number of nitrogens with zero attached hydrogens (tertiary/aromatic N) is 5. The summed E-state index contributed by atoms with van der Waals surface area (Å²) >= 11 is 0. The molecule has 1 aromatic rings. The average molecular weight is 509 g/mol. The van der Waals surface area contributed by atoms with Gasteiger partial charge in [0.05, 0.1) is 13.2 Å². The molecule has 5 atom stereocenters. The van der Waals surface area contributed by atoms with E-state index >= 15 is 0 Å². The number of Topliss-reactive ketones (excluding diaryl/α,β-unsaturated/α-hetero) is 1. The molecule has 3 aliphatic heterocycles. The number of aliphatic hydroxyl groups excluding tert-OH is 1. The molecule has 35 heavy (non-hydrogen) atoms. The number of ketones is 1. The molecule has 0 aliphatic carbocycles. The van der Waals surface area contributed by atoms with E-state index in [1.807, 2.05) is 0 Å². The third-order valence-electron chi connectivity index (χ3n) is 5.84. The first-order valence-corrected chi connectivity index (χ1v) is 12.0. The molecule has 4 rings (SSSR count). The molecule has 0 amide bonds. The first-order chi connectivity index (χ1) is 16.7. The number of likely N-dealkylation sites (N-methyl/N-ethyl adjacent to an activating group) is 1. The van der Waals surface area contributed by atoms with Gasteiger partial charge in [0, 0.05) is 25.6 Å². The number of amidine groups is 1. The van der Waals surface area contributed by atoms with Crippen LogP contribution in [0.3, 0.4) is 0 Å². The van der Waals surface area contributed by atoms with Crippen molar-refractivity contribution < 1.29 is 34.0 Å². The molecule has 0 saturated carbocycles. The molecule has 0 radical (unpaired) electrons. The van der Waals surface area contributed by atoms with Gasteiger partial charge in [-0.1, -0.05) is 30.3 Å². The van der Waals surface area contributed by atoms with Gasteiger partial charge in [-0.05, 0) is 0 Å². The van der Waals surface area contributed by atoms with E-state index in [0.29, 0.717) is 11.4 Å². The second-order valence-corrected chi connectivity index (χ2v) is 8.94. The Morgan fingerprint density at radius 1 is 1.40 bits per heavy atom. The van der Waals surface area contributed by atoms with Gasteiger partial charge in [-0.2, -0.15) is 5.06 Å². The zero-order valence-corrected chi connectivity index (χ0v) is 19.9. The molecule has 190 valence electrons. The smallest absolute Gasteiger partial charge is 0.268 e. The maximum absolute atomic E-state index is 13.2. The van der Waals surface area contributed by atoms with Crippen molar-refractivity contribution in [3.63, 3.8) is 0 Å². The minimum absolute atomic E-state index is 0.00437. The summed E-state index contributed by atoms with van der Waals surface area (Å²) in [7, 11) is -0.528. The van der Waals surface area contributed by atoms with Crippen LogP contribution in [0.5, 0.6) is 0 Å². The van der Waals surface area contributed by atoms with Crippen LogP contribution in [0.4, 0.5) is 0 Å². The largest absolute Gasteiger partial charge is 0.393 e. The summed E-state index contributed by atoms with van der Waals surface area (Å²) in [6.45, 7) is -0.272. The highest BCUT2D eigenvalue weighted by Gasteiger charge is 2.54. The summed E-state index contributed by atoms with van der Waals surface area (Å²) < 4.78 is 16.4. The second-order valence-electron chi connectivity index (χ2n) is 8.17. The Bertz CT molecular complexity index is 1030. The monoisotopic (exact) mass is 509 g/mol. The van der Waals surface area contributed by atoms with Crippen LogP contribution >= 0.6 is 8.53 Å². The number of nitrogens with two attached hydrogens (primary N) is 2. The number of hydrogen-bond donors (Lipinski definition) is 5. The lowest BCUT2D eigenvalue weighted by Gasteiger charge is -2.30. The third kappa shape index (κ3) is 5.17. The van der Waals surface area contributed by atoms with Crippen molar-refractivity contribution in [1.82, 2.24) is 9.96 Å². The number of benzene rings is 1. The predicted molar refractivity (Wildman–Crippen MR) is 126 cm³/mol. The molecule has 3 heterocycles. The van der Waals surface area contributed by atoms with Crippen LogP contribution in [-0.2, 0) is 14.1 Å². The van der Waals surface area contributed by atoms with Crippen molar-refractivity contribution in [3.05, 3.63) is 35.9 Å². The number of carbonyl (C=O) groups is 1. The summed E-state index contributed by atoms with van der Waals surface area (Å²) in [5.74, 6) is -1.96. The molecule has 0 aromatic heterocycles. The average Bonchev–Trinajstić information content (AvgIpc) is 3.40. The van der Waals surface area contributed by atoms with Crippen molar-refractivity contribution in [2.75, 3.05) is 33.5 Å². The van der Waals surface area contributed by atoms with Crippen molar-refractivity contribution >= 4 is 32.2 Å². The van der Waals surface area contributed by atoms with Gasteiger partial charge in [-0.3, -0.25) is 21.0 Å². The highest BCUT2D eigenvalue weighted by molar-refractivity contribution is 7.43. The summed E-state index contributed by atoms with van der Waals surface area (Å²) in [5, 5.41) is 22.1. The van der Waals surface area contributed by atoms with Crippen molar-refractivity contribution in [3.8, 4) is 0 Å². The molecule has 1 fully saturated rings. The van der Waals surface area contributed by atoms with E-state index in [1.54, 1.807) is 42.3 Å². The van der Waals surface area contributed by atoms with Gasteiger partial charge in [0.15, 0.2) is 11.6 Å². The number of hydrogen-bond acceptors (Lipinski definition) is 14. The summed E-state index contributed by atoms with van der Waals surface area (Å²) in [5.41, 5.74) is 10.5. The van der Waals surface area contributed by atoms with E-state index in [-0.39, 0.29) is 32.0 Å². The maximum atomic E-state index is 13.2. The molecule has 3 aliphatic rings. The van der Waals surface area contributed by atoms with Crippen molar-refractivity contribution in [2.24, 2.45) is 26.2 Å². The Labute approximate surface area is 202 Å². The number of fused-ring (bicyclic) bond motifs is 1. The molecular formula is C20H28N7O7P. The second kappa shape index (κ2) is 10.4. The third-order valence-corrected chi connectivity index (χ3v) is 6.28. The van der Waals surface area contributed by atoms with Gasteiger partial charge >= 0.3 is 0 Å². The minimum atomic E-state index is -2.07. The Morgan fingerprint density at radius 3 is 2.83 bits per heavy atom. The van der Waals surface area contributed by atoms with Crippen LogP contribution in [0.1, 0.15) is 16.8 Å². The molecule has 0 spiro atoms. The highest BCUT2D eigenvalue weighted by atomic mass is 31.2. The number of aliphatic hydroxyl groups is 2. The SMILES string of the molecule is CN(CCO[C@]1(O)C[C@H](N2CN=C3C2=NC=NC3(N)C(=O)c2ccccc2)O[C@@H]1CO)OP(N)O. The summed E-state index contributed by atoms with van der Waals surface area (Å²) in [6, 6.07) is 8.54. The molecule has 0 bridgehead atoms. The fourth-order valence-electron chi connectivity index (χ4n) is 4.07. The van der Waals surface area contributed by atoms with Crippen LogP contribution < -0.4 is 11.2 Å². The van der Waals surface area contributed by atoms with E-state index in [1.165, 1.54) is 11.4 Å². The number of rotatable bonds is 10. The van der Waals surface area contributed by atoms with E-state index in [9.17, 15) is 15.0 Å².